The molecule has 4 aromatic rings. The molecule has 2 N–H and O–H groups in total. The molecular weight excluding hydrogens is 479 g/mol. The number of benzene rings is 2. The van der Waals surface area contributed by atoms with Crippen LogP contribution in [0.2, 0.25) is 0 Å². The van der Waals surface area contributed by atoms with Gasteiger partial charge in [-0.25, -0.2) is 9.07 Å². The van der Waals surface area contributed by atoms with Crippen molar-refractivity contribution in [2.75, 3.05) is 17.7 Å². The number of anilines is 2. The van der Waals surface area contributed by atoms with Crippen molar-refractivity contribution in [1.29, 1.82) is 0 Å². The third-order valence-corrected chi connectivity index (χ3v) is 6.63. The normalized spacial score (nSPS) is 14.7. The van der Waals surface area contributed by atoms with Crippen LogP contribution in [0.5, 0.6) is 5.75 Å². The van der Waals surface area contributed by atoms with E-state index in [1.54, 1.807) is 54.5 Å². The first kappa shape index (κ1) is 23.6. The van der Waals surface area contributed by atoms with Crippen molar-refractivity contribution in [3.8, 4) is 5.75 Å². The second-order valence-corrected chi connectivity index (χ2v) is 8.99. The number of carbonyl (C=O) groups excluding carboxylic acids is 1. The van der Waals surface area contributed by atoms with Crippen LogP contribution >= 0.6 is 11.8 Å². The molecular formula is C26H23FN6O2S. The third kappa shape index (κ3) is 4.67. The Balaban J connectivity index is 1.48. The number of allylic oxidation sites excluding steroid dienone is 1. The van der Waals surface area contributed by atoms with E-state index in [-0.39, 0.29) is 11.7 Å². The SMILES string of the molecule is COc1ccccc1NC(=O)C1=C(C)Nc2nc(SCc3ccccc3F)nn2[C@@H]1c1cccnc1. The number of amides is 1. The number of hydrogen-bond donors (Lipinski definition) is 2. The van der Waals surface area contributed by atoms with Crippen molar-refractivity contribution in [3.05, 3.63) is 101 Å². The number of hydrogen-bond acceptors (Lipinski definition) is 7. The molecule has 0 unspecified atom stereocenters. The van der Waals surface area contributed by atoms with Gasteiger partial charge in [-0.15, -0.1) is 5.10 Å². The van der Waals surface area contributed by atoms with E-state index in [1.807, 2.05) is 31.2 Å². The van der Waals surface area contributed by atoms with Crippen molar-refractivity contribution in [2.45, 2.75) is 23.9 Å². The summed E-state index contributed by atoms with van der Waals surface area (Å²) in [6.45, 7) is 1.82. The van der Waals surface area contributed by atoms with Crippen molar-refractivity contribution < 1.29 is 13.9 Å². The fourth-order valence-corrected chi connectivity index (χ4v) is 4.84. The molecule has 0 bridgehead atoms. The molecule has 1 aliphatic rings. The molecule has 36 heavy (non-hydrogen) atoms. The minimum absolute atomic E-state index is 0.270. The monoisotopic (exact) mass is 502 g/mol. The van der Waals surface area contributed by atoms with Gasteiger partial charge >= 0.3 is 0 Å². The lowest BCUT2D eigenvalue weighted by molar-refractivity contribution is -0.113. The number of aromatic nitrogens is 4. The Bertz CT molecular complexity index is 1440. The highest BCUT2D eigenvalue weighted by Crippen LogP contribution is 2.37. The van der Waals surface area contributed by atoms with Gasteiger partial charge in [0.05, 0.1) is 18.4 Å². The van der Waals surface area contributed by atoms with Gasteiger partial charge in [0.2, 0.25) is 11.1 Å². The maximum atomic E-state index is 14.1. The largest absolute Gasteiger partial charge is 0.495 e. The molecule has 0 saturated heterocycles. The highest BCUT2D eigenvalue weighted by atomic mass is 32.2. The zero-order valence-corrected chi connectivity index (χ0v) is 20.4. The van der Waals surface area contributed by atoms with Gasteiger partial charge in [-0.3, -0.25) is 9.78 Å². The van der Waals surface area contributed by atoms with Crippen molar-refractivity contribution in [1.82, 2.24) is 19.7 Å². The summed E-state index contributed by atoms with van der Waals surface area (Å²) in [6, 6.07) is 17.0. The van der Waals surface area contributed by atoms with E-state index in [0.29, 0.717) is 45.1 Å². The number of carbonyl (C=O) groups is 1. The number of ether oxygens (including phenoxy) is 1. The molecule has 0 spiro atoms. The van der Waals surface area contributed by atoms with Gasteiger partial charge in [-0.2, -0.15) is 4.98 Å². The van der Waals surface area contributed by atoms with Gasteiger partial charge in [0.25, 0.3) is 5.91 Å². The molecule has 182 valence electrons. The Morgan fingerprint density at radius 2 is 1.97 bits per heavy atom. The van der Waals surface area contributed by atoms with E-state index in [2.05, 4.69) is 25.7 Å². The van der Waals surface area contributed by atoms with Gasteiger partial charge in [0, 0.05) is 23.8 Å². The Labute approximate surface area is 211 Å². The fourth-order valence-electron chi connectivity index (χ4n) is 4.03. The molecule has 0 fully saturated rings. The summed E-state index contributed by atoms with van der Waals surface area (Å²) in [4.78, 5) is 22.5. The highest BCUT2D eigenvalue weighted by molar-refractivity contribution is 7.98. The van der Waals surface area contributed by atoms with Gasteiger partial charge in [0.1, 0.15) is 17.6 Å². The number of pyridine rings is 1. The second kappa shape index (κ2) is 10.2. The summed E-state index contributed by atoms with van der Waals surface area (Å²) >= 11 is 1.32. The first-order chi connectivity index (χ1) is 17.5. The van der Waals surface area contributed by atoms with Crippen LogP contribution in [0.3, 0.4) is 0 Å². The number of halogens is 1. The second-order valence-electron chi connectivity index (χ2n) is 8.05. The van der Waals surface area contributed by atoms with E-state index >= 15 is 0 Å². The van der Waals surface area contributed by atoms with Gasteiger partial charge < -0.3 is 15.4 Å². The average Bonchev–Trinajstić information content (AvgIpc) is 3.30. The Hall–Kier alpha value is -4.18. The quantitative estimate of drug-likeness (QED) is 0.342. The summed E-state index contributed by atoms with van der Waals surface area (Å²) in [6.07, 6.45) is 3.38. The molecule has 8 nitrogen and oxygen atoms in total. The van der Waals surface area contributed by atoms with Crippen LogP contribution in [0, 0.1) is 5.82 Å². The van der Waals surface area contributed by atoms with Crippen LogP contribution in [0.25, 0.3) is 0 Å². The van der Waals surface area contributed by atoms with Gasteiger partial charge in [-0.1, -0.05) is 48.2 Å². The van der Waals surface area contributed by atoms with Gasteiger partial charge in [0.15, 0.2) is 0 Å². The Morgan fingerprint density at radius 1 is 1.17 bits per heavy atom. The molecule has 3 heterocycles. The van der Waals surface area contributed by atoms with Crippen molar-refractivity contribution >= 4 is 29.3 Å². The lowest BCUT2D eigenvalue weighted by Gasteiger charge is -2.28. The molecule has 0 saturated carbocycles. The maximum Gasteiger partial charge on any atom is 0.255 e. The summed E-state index contributed by atoms with van der Waals surface area (Å²) in [5, 5.41) is 11.3. The smallest absolute Gasteiger partial charge is 0.255 e. The zero-order valence-electron chi connectivity index (χ0n) is 19.6. The van der Waals surface area contributed by atoms with Crippen molar-refractivity contribution in [2.24, 2.45) is 0 Å². The van der Waals surface area contributed by atoms with E-state index in [0.717, 1.165) is 5.56 Å². The minimum atomic E-state index is -0.569. The van der Waals surface area contributed by atoms with Crippen molar-refractivity contribution in [3.63, 3.8) is 0 Å². The number of rotatable bonds is 7. The predicted molar refractivity (Wildman–Crippen MR) is 136 cm³/mol. The number of methoxy groups -OCH3 is 1. The van der Waals surface area contributed by atoms with Crippen LogP contribution in [0.4, 0.5) is 16.0 Å². The molecule has 2 aromatic carbocycles. The standard InChI is InChI=1S/C26H23FN6O2S/c1-16-22(24(34)30-20-11-5-6-12-21(20)35-2)23(17-9-7-13-28-14-17)33-25(29-16)31-26(32-33)36-15-18-8-3-4-10-19(18)27/h3-14,23H,15H2,1-2H3,(H,30,34)(H,29,31,32)/t23-/m1/s1. The third-order valence-electron chi connectivity index (χ3n) is 5.75. The minimum Gasteiger partial charge on any atom is -0.495 e. The summed E-state index contributed by atoms with van der Waals surface area (Å²) in [5.41, 5.74) is 3.01. The van der Waals surface area contributed by atoms with Crippen LogP contribution in [0.15, 0.2) is 89.5 Å². The molecule has 0 aliphatic carbocycles. The van der Waals surface area contributed by atoms with E-state index in [4.69, 9.17) is 4.74 Å². The molecule has 5 rings (SSSR count). The predicted octanol–water partition coefficient (Wildman–Crippen LogP) is 5.04. The Morgan fingerprint density at radius 3 is 2.75 bits per heavy atom. The maximum absolute atomic E-state index is 14.1. The summed E-state index contributed by atoms with van der Waals surface area (Å²) < 4.78 is 21.1. The number of para-hydroxylation sites is 2. The topological polar surface area (TPSA) is 94.0 Å². The number of thioether (sulfide) groups is 1. The first-order valence-electron chi connectivity index (χ1n) is 11.2. The zero-order chi connectivity index (χ0) is 25.1. The first-order valence-corrected chi connectivity index (χ1v) is 12.2. The number of fused-ring (bicyclic) bond motifs is 1. The van der Waals surface area contributed by atoms with Crippen LogP contribution in [-0.2, 0) is 10.5 Å². The van der Waals surface area contributed by atoms with E-state index < -0.39 is 6.04 Å². The van der Waals surface area contributed by atoms with Crippen LogP contribution in [0.1, 0.15) is 24.1 Å². The molecule has 1 atom stereocenters. The van der Waals surface area contributed by atoms with E-state index in [9.17, 15) is 9.18 Å². The van der Waals surface area contributed by atoms with Crippen LogP contribution in [-0.4, -0.2) is 32.8 Å². The lowest BCUT2D eigenvalue weighted by Crippen LogP contribution is -2.31. The fraction of sp³-hybridized carbons (Fsp3) is 0.154. The lowest BCUT2D eigenvalue weighted by atomic mass is 9.96. The highest BCUT2D eigenvalue weighted by Gasteiger charge is 2.34. The number of nitrogens with one attached hydrogen (secondary N) is 2. The van der Waals surface area contributed by atoms with Gasteiger partial charge in [-0.05, 0) is 42.3 Å². The molecule has 0 radical (unpaired) electrons. The molecule has 1 aliphatic heterocycles. The van der Waals surface area contributed by atoms with E-state index in [1.165, 1.54) is 17.8 Å². The number of nitrogens with zero attached hydrogens (tertiary/aromatic N) is 4. The average molecular weight is 503 g/mol. The summed E-state index contributed by atoms with van der Waals surface area (Å²) in [7, 11) is 1.55. The van der Waals surface area contributed by atoms with Crippen LogP contribution < -0.4 is 15.4 Å². The molecule has 10 heteroatoms. The summed E-state index contributed by atoms with van der Waals surface area (Å²) in [5.74, 6) is 0.847. The molecule has 1 amide bonds. The molecule has 2 aromatic heterocycles. The Kier molecular flexibility index (Phi) is 6.68.